The Morgan fingerprint density at radius 2 is 2.05 bits per heavy atom. The van der Waals surface area contributed by atoms with Gasteiger partial charge in [0, 0.05) is 30.1 Å². The van der Waals surface area contributed by atoms with E-state index < -0.39 is 0 Å². The molecule has 0 saturated carbocycles. The standard InChI is InChI=1S/C15H22N4S2/c1-4-16-14-12-5-6-20-15(12)18-13(17-14)9-19-7-10(2)21-11(3)8-19/h5-6,10-11H,4,7-9H2,1-3H3,(H,16,17,18). The van der Waals surface area contributed by atoms with Gasteiger partial charge in [0.25, 0.3) is 0 Å². The lowest BCUT2D eigenvalue weighted by Gasteiger charge is -2.34. The Bertz CT molecular complexity index is 603. The van der Waals surface area contributed by atoms with Gasteiger partial charge in [0.1, 0.15) is 16.5 Å². The minimum absolute atomic E-state index is 0.687. The minimum atomic E-state index is 0.687. The van der Waals surface area contributed by atoms with Crippen LogP contribution in [0.1, 0.15) is 26.6 Å². The molecule has 1 aliphatic rings. The van der Waals surface area contributed by atoms with E-state index in [1.807, 2.05) is 0 Å². The fourth-order valence-corrected chi connectivity index (χ4v) is 5.06. The van der Waals surface area contributed by atoms with Crippen LogP contribution in [-0.4, -0.2) is 45.0 Å². The summed E-state index contributed by atoms with van der Waals surface area (Å²) in [7, 11) is 0. The van der Waals surface area contributed by atoms with E-state index in [0.717, 1.165) is 48.0 Å². The largest absolute Gasteiger partial charge is 0.370 e. The predicted molar refractivity (Wildman–Crippen MR) is 93.4 cm³/mol. The number of thioether (sulfide) groups is 1. The maximum Gasteiger partial charge on any atom is 0.146 e. The first-order valence-corrected chi connectivity index (χ1v) is 9.33. The summed E-state index contributed by atoms with van der Waals surface area (Å²) in [6, 6.07) is 2.10. The van der Waals surface area contributed by atoms with Crippen LogP contribution in [0.25, 0.3) is 10.2 Å². The normalized spacial score (nSPS) is 23.6. The second kappa shape index (κ2) is 6.50. The molecule has 2 unspecified atom stereocenters. The highest BCUT2D eigenvalue weighted by Crippen LogP contribution is 2.28. The molecule has 1 saturated heterocycles. The molecule has 3 rings (SSSR count). The zero-order valence-corrected chi connectivity index (χ0v) is 14.4. The lowest BCUT2D eigenvalue weighted by atomic mass is 10.3. The highest BCUT2D eigenvalue weighted by molar-refractivity contribution is 8.00. The van der Waals surface area contributed by atoms with E-state index in [2.05, 4.69) is 54.2 Å². The Hall–Kier alpha value is -0.850. The fraction of sp³-hybridized carbons (Fsp3) is 0.600. The van der Waals surface area contributed by atoms with Gasteiger partial charge in [-0.2, -0.15) is 11.8 Å². The van der Waals surface area contributed by atoms with Crippen molar-refractivity contribution in [2.24, 2.45) is 0 Å². The van der Waals surface area contributed by atoms with Crippen LogP contribution in [0.3, 0.4) is 0 Å². The summed E-state index contributed by atoms with van der Waals surface area (Å²) in [6.45, 7) is 10.7. The van der Waals surface area contributed by atoms with Crippen LogP contribution in [-0.2, 0) is 6.54 Å². The van der Waals surface area contributed by atoms with Crippen LogP contribution in [0.2, 0.25) is 0 Å². The second-order valence-electron chi connectivity index (χ2n) is 5.61. The molecule has 2 aromatic rings. The average Bonchev–Trinajstić information content (AvgIpc) is 2.86. The van der Waals surface area contributed by atoms with E-state index in [1.54, 1.807) is 11.3 Å². The summed E-state index contributed by atoms with van der Waals surface area (Å²) in [5.41, 5.74) is 0. The van der Waals surface area contributed by atoms with E-state index >= 15 is 0 Å². The summed E-state index contributed by atoms with van der Waals surface area (Å²) in [5, 5.41) is 7.97. The summed E-state index contributed by atoms with van der Waals surface area (Å²) in [5.74, 6) is 1.92. The van der Waals surface area contributed by atoms with E-state index in [9.17, 15) is 0 Å². The molecule has 3 heterocycles. The highest BCUT2D eigenvalue weighted by atomic mass is 32.2. The maximum absolute atomic E-state index is 4.74. The SMILES string of the molecule is CCNc1nc(CN2CC(C)SC(C)C2)nc2sccc12. The number of nitrogens with zero attached hydrogens (tertiary/aromatic N) is 3. The predicted octanol–water partition coefficient (Wildman–Crippen LogP) is 3.45. The van der Waals surface area contributed by atoms with Crippen LogP contribution in [0, 0.1) is 0 Å². The van der Waals surface area contributed by atoms with Crippen molar-refractivity contribution in [1.29, 1.82) is 0 Å². The molecule has 0 aliphatic carbocycles. The lowest BCUT2D eigenvalue weighted by molar-refractivity contribution is 0.257. The Morgan fingerprint density at radius 1 is 1.29 bits per heavy atom. The van der Waals surface area contributed by atoms with Gasteiger partial charge in [-0.05, 0) is 18.4 Å². The number of hydrogen-bond acceptors (Lipinski definition) is 6. The van der Waals surface area contributed by atoms with E-state index in [0.29, 0.717) is 10.5 Å². The van der Waals surface area contributed by atoms with Crippen molar-refractivity contribution in [2.75, 3.05) is 25.0 Å². The van der Waals surface area contributed by atoms with Crippen molar-refractivity contribution >= 4 is 39.1 Å². The Morgan fingerprint density at radius 3 is 2.76 bits per heavy atom. The van der Waals surface area contributed by atoms with E-state index in [1.165, 1.54) is 0 Å². The van der Waals surface area contributed by atoms with Gasteiger partial charge in [0.15, 0.2) is 0 Å². The summed E-state index contributed by atoms with van der Waals surface area (Å²) in [6.07, 6.45) is 0. The van der Waals surface area contributed by atoms with Crippen LogP contribution >= 0.6 is 23.1 Å². The van der Waals surface area contributed by atoms with Crippen LogP contribution in [0.15, 0.2) is 11.4 Å². The Labute approximate surface area is 134 Å². The molecule has 0 spiro atoms. The van der Waals surface area contributed by atoms with Crippen molar-refractivity contribution in [1.82, 2.24) is 14.9 Å². The van der Waals surface area contributed by atoms with Crippen molar-refractivity contribution < 1.29 is 0 Å². The molecular formula is C15H22N4S2. The van der Waals surface area contributed by atoms with E-state index in [-0.39, 0.29) is 0 Å². The van der Waals surface area contributed by atoms with E-state index in [4.69, 9.17) is 9.97 Å². The van der Waals surface area contributed by atoms with Gasteiger partial charge in [-0.15, -0.1) is 11.3 Å². The van der Waals surface area contributed by atoms with Crippen molar-refractivity contribution in [3.8, 4) is 0 Å². The van der Waals surface area contributed by atoms with Gasteiger partial charge in [-0.25, -0.2) is 9.97 Å². The number of aromatic nitrogens is 2. The Balaban J connectivity index is 1.83. The maximum atomic E-state index is 4.74. The van der Waals surface area contributed by atoms with Gasteiger partial charge >= 0.3 is 0 Å². The summed E-state index contributed by atoms with van der Waals surface area (Å²) in [4.78, 5) is 13.1. The topological polar surface area (TPSA) is 41.1 Å². The van der Waals surface area contributed by atoms with Gasteiger partial charge in [-0.1, -0.05) is 13.8 Å². The number of anilines is 1. The Kier molecular flexibility index (Phi) is 4.66. The molecule has 0 radical (unpaired) electrons. The number of rotatable bonds is 4. The van der Waals surface area contributed by atoms with Gasteiger partial charge < -0.3 is 5.32 Å². The molecular weight excluding hydrogens is 300 g/mol. The molecule has 4 nitrogen and oxygen atoms in total. The first-order valence-electron chi connectivity index (χ1n) is 7.51. The van der Waals surface area contributed by atoms with Crippen LogP contribution in [0.4, 0.5) is 5.82 Å². The second-order valence-corrected chi connectivity index (χ2v) is 8.39. The molecule has 0 aromatic carbocycles. The lowest BCUT2D eigenvalue weighted by Crippen LogP contribution is -2.40. The monoisotopic (exact) mass is 322 g/mol. The molecule has 114 valence electrons. The quantitative estimate of drug-likeness (QED) is 0.934. The molecule has 0 amide bonds. The first kappa shape index (κ1) is 15.1. The molecule has 1 aliphatic heterocycles. The molecule has 21 heavy (non-hydrogen) atoms. The third kappa shape index (κ3) is 3.49. The molecule has 6 heteroatoms. The van der Waals surface area contributed by atoms with Crippen molar-refractivity contribution in [3.63, 3.8) is 0 Å². The molecule has 0 bridgehead atoms. The summed E-state index contributed by atoms with van der Waals surface area (Å²) >= 11 is 3.77. The van der Waals surface area contributed by atoms with Gasteiger partial charge in [-0.3, -0.25) is 4.90 Å². The summed E-state index contributed by atoms with van der Waals surface area (Å²) < 4.78 is 0. The smallest absolute Gasteiger partial charge is 0.146 e. The number of thiophene rings is 1. The average molecular weight is 323 g/mol. The molecule has 2 atom stereocenters. The highest BCUT2D eigenvalue weighted by Gasteiger charge is 2.23. The number of fused-ring (bicyclic) bond motifs is 1. The third-order valence-corrected chi connectivity index (χ3v) is 5.61. The zero-order valence-electron chi connectivity index (χ0n) is 12.8. The third-order valence-electron chi connectivity index (χ3n) is 3.58. The van der Waals surface area contributed by atoms with Crippen molar-refractivity contribution in [3.05, 3.63) is 17.3 Å². The molecule has 1 N–H and O–H groups in total. The minimum Gasteiger partial charge on any atom is -0.370 e. The first-order chi connectivity index (χ1) is 10.2. The number of hydrogen-bond donors (Lipinski definition) is 1. The zero-order chi connectivity index (χ0) is 14.8. The molecule has 1 fully saturated rings. The van der Waals surface area contributed by atoms with Crippen LogP contribution in [0.5, 0.6) is 0 Å². The number of nitrogens with one attached hydrogen (secondary N) is 1. The van der Waals surface area contributed by atoms with Gasteiger partial charge in [0.2, 0.25) is 0 Å². The molecule has 2 aromatic heterocycles. The van der Waals surface area contributed by atoms with Crippen molar-refractivity contribution in [2.45, 2.75) is 37.8 Å². The fourth-order valence-electron chi connectivity index (χ4n) is 2.89. The van der Waals surface area contributed by atoms with Crippen LogP contribution < -0.4 is 5.32 Å². The van der Waals surface area contributed by atoms with Gasteiger partial charge in [0.05, 0.1) is 11.9 Å².